The van der Waals surface area contributed by atoms with Gasteiger partial charge in [-0.1, -0.05) is 35.9 Å². The minimum atomic E-state index is -1.04. The fraction of sp³-hybridized carbons (Fsp3) is 0.409. The van der Waals surface area contributed by atoms with Gasteiger partial charge >= 0.3 is 5.97 Å². The Morgan fingerprint density at radius 2 is 1.89 bits per heavy atom. The van der Waals surface area contributed by atoms with Gasteiger partial charge in [-0.3, -0.25) is 0 Å². The van der Waals surface area contributed by atoms with E-state index in [9.17, 15) is 9.90 Å². The van der Waals surface area contributed by atoms with Crippen molar-refractivity contribution in [2.45, 2.75) is 44.9 Å². The van der Waals surface area contributed by atoms with Gasteiger partial charge < -0.3 is 19.9 Å². The van der Waals surface area contributed by atoms with Crippen molar-refractivity contribution >= 4 is 17.6 Å². The number of halogens is 1. The van der Waals surface area contributed by atoms with E-state index in [1.807, 2.05) is 36.4 Å². The summed E-state index contributed by atoms with van der Waals surface area (Å²) in [5, 5.41) is 14.2. The highest BCUT2D eigenvalue weighted by atomic mass is 35.5. The molecule has 0 aliphatic carbocycles. The first-order valence-electron chi connectivity index (χ1n) is 9.24. The van der Waals surface area contributed by atoms with E-state index in [2.05, 4.69) is 12.2 Å². The first-order chi connectivity index (χ1) is 13.2. The third-order valence-electron chi connectivity index (χ3n) is 4.41. The Morgan fingerprint density at radius 1 is 1.21 bits per heavy atom. The van der Waals surface area contributed by atoms with Crippen molar-refractivity contribution in [2.24, 2.45) is 0 Å². The lowest BCUT2D eigenvalue weighted by atomic mass is 10.1. The van der Waals surface area contributed by atoms with Gasteiger partial charge in [-0.25, -0.2) is 4.79 Å². The minimum Gasteiger partial charge on any atom is -0.476 e. The summed E-state index contributed by atoms with van der Waals surface area (Å²) in [6.07, 6.45) is 0.181. The molecule has 2 N–H and O–H groups in total. The molecule has 0 radical (unpaired) electrons. The summed E-state index contributed by atoms with van der Waals surface area (Å²) in [5.41, 5.74) is 0.879. The lowest BCUT2D eigenvalue weighted by Gasteiger charge is -2.23. The van der Waals surface area contributed by atoms with E-state index in [1.54, 1.807) is 26.0 Å². The predicted molar refractivity (Wildman–Crippen MR) is 111 cm³/mol. The Labute approximate surface area is 171 Å². The third-order valence-corrected chi connectivity index (χ3v) is 4.64. The number of benzene rings is 2. The second-order valence-corrected chi connectivity index (χ2v) is 7.77. The molecule has 0 heterocycles. The number of carbonyl (C=O) groups excluding carboxylic acids is 1. The molecule has 0 aliphatic heterocycles. The van der Waals surface area contributed by atoms with Crippen LogP contribution in [0.4, 0.5) is 0 Å². The fourth-order valence-corrected chi connectivity index (χ4v) is 3.04. The molecule has 0 fully saturated rings. The van der Waals surface area contributed by atoms with E-state index in [4.69, 9.17) is 21.1 Å². The number of carbonyl (C=O) groups is 1. The summed E-state index contributed by atoms with van der Waals surface area (Å²) in [5.74, 6) is 0.184. The number of methoxy groups -OCH3 is 1. The number of nitrogens with one attached hydrogen (secondary N) is 1. The normalized spacial score (nSPS) is 13.6. The number of aliphatic hydroxyl groups excluding tert-OH is 1. The summed E-state index contributed by atoms with van der Waals surface area (Å²) < 4.78 is 10.5. The molecule has 2 unspecified atom stereocenters. The topological polar surface area (TPSA) is 67.8 Å². The van der Waals surface area contributed by atoms with E-state index in [0.717, 1.165) is 17.5 Å². The Balaban J connectivity index is 1.85. The van der Waals surface area contributed by atoms with Crippen LogP contribution in [-0.2, 0) is 16.0 Å². The third kappa shape index (κ3) is 6.51. The average molecular weight is 406 g/mol. The number of ether oxygens (including phenoxy) is 2. The molecular weight excluding hydrogens is 378 g/mol. The summed E-state index contributed by atoms with van der Waals surface area (Å²) in [6.45, 7) is 5.85. The highest BCUT2D eigenvalue weighted by Crippen LogP contribution is 2.21. The maximum absolute atomic E-state index is 11.7. The van der Waals surface area contributed by atoms with Crippen LogP contribution >= 0.6 is 11.6 Å². The second kappa shape index (κ2) is 9.92. The molecule has 0 saturated heterocycles. The number of hydrogen-bond acceptors (Lipinski definition) is 5. The first kappa shape index (κ1) is 22.2. The SMILES string of the molecule is COC(=O)C(C)(C)Oc1ccc(CC(C)NCC(O)c2cccc(Cl)c2)cc1. The quantitative estimate of drug-likeness (QED) is 0.619. The van der Waals surface area contributed by atoms with Crippen molar-refractivity contribution in [2.75, 3.05) is 13.7 Å². The largest absolute Gasteiger partial charge is 0.476 e. The zero-order chi connectivity index (χ0) is 20.7. The van der Waals surface area contributed by atoms with Gasteiger partial charge in [0.15, 0.2) is 5.60 Å². The molecule has 5 nitrogen and oxygen atoms in total. The zero-order valence-corrected chi connectivity index (χ0v) is 17.5. The molecule has 0 bridgehead atoms. The average Bonchev–Trinajstić information content (AvgIpc) is 2.66. The second-order valence-electron chi connectivity index (χ2n) is 7.33. The molecule has 0 aliphatic rings. The number of hydrogen-bond donors (Lipinski definition) is 2. The van der Waals surface area contributed by atoms with Crippen molar-refractivity contribution < 1.29 is 19.4 Å². The van der Waals surface area contributed by atoms with Gasteiger partial charge in [-0.15, -0.1) is 0 Å². The lowest BCUT2D eigenvalue weighted by Crippen LogP contribution is -2.39. The molecule has 2 aromatic rings. The Kier molecular flexibility index (Phi) is 7.87. The van der Waals surface area contributed by atoms with Crippen molar-refractivity contribution in [1.82, 2.24) is 5.32 Å². The van der Waals surface area contributed by atoms with E-state index < -0.39 is 17.7 Å². The van der Waals surface area contributed by atoms with E-state index in [0.29, 0.717) is 17.3 Å². The molecule has 0 amide bonds. The van der Waals surface area contributed by atoms with Crippen molar-refractivity contribution in [3.05, 3.63) is 64.7 Å². The first-order valence-corrected chi connectivity index (χ1v) is 9.62. The monoisotopic (exact) mass is 405 g/mol. The van der Waals surface area contributed by atoms with Crippen LogP contribution in [0.1, 0.15) is 38.0 Å². The van der Waals surface area contributed by atoms with Crippen molar-refractivity contribution in [1.29, 1.82) is 0 Å². The van der Waals surface area contributed by atoms with Gasteiger partial charge in [0.25, 0.3) is 0 Å². The standard InChI is InChI=1S/C22H28ClNO4/c1-15(24-14-20(25)17-6-5-7-18(23)13-17)12-16-8-10-19(11-9-16)28-22(2,3)21(26)27-4/h5-11,13,15,20,24-25H,12,14H2,1-4H3. The van der Waals surface area contributed by atoms with Gasteiger partial charge in [0.2, 0.25) is 0 Å². The van der Waals surface area contributed by atoms with Crippen LogP contribution in [0.15, 0.2) is 48.5 Å². The minimum absolute atomic E-state index is 0.173. The van der Waals surface area contributed by atoms with Crippen LogP contribution < -0.4 is 10.1 Å². The lowest BCUT2D eigenvalue weighted by molar-refractivity contribution is -0.156. The van der Waals surface area contributed by atoms with Crippen LogP contribution in [0, 0.1) is 0 Å². The van der Waals surface area contributed by atoms with Gasteiger partial charge in [0.05, 0.1) is 13.2 Å². The van der Waals surface area contributed by atoms with Crippen LogP contribution in [0.2, 0.25) is 5.02 Å². The van der Waals surface area contributed by atoms with E-state index >= 15 is 0 Å². The van der Waals surface area contributed by atoms with Crippen LogP contribution in [0.3, 0.4) is 0 Å². The van der Waals surface area contributed by atoms with E-state index in [1.165, 1.54) is 7.11 Å². The van der Waals surface area contributed by atoms with Crippen LogP contribution in [0.25, 0.3) is 0 Å². The zero-order valence-electron chi connectivity index (χ0n) is 16.7. The molecular formula is C22H28ClNO4. The molecule has 2 atom stereocenters. The summed E-state index contributed by atoms with van der Waals surface area (Å²) in [4.78, 5) is 11.7. The Morgan fingerprint density at radius 3 is 2.50 bits per heavy atom. The predicted octanol–water partition coefficient (Wildman–Crippen LogP) is 3.92. The highest BCUT2D eigenvalue weighted by molar-refractivity contribution is 6.30. The van der Waals surface area contributed by atoms with E-state index in [-0.39, 0.29) is 6.04 Å². The van der Waals surface area contributed by atoms with Gasteiger partial charge in [0, 0.05) is 17.6 Å². The summed E-state index contributed by atoms with van der Waals surface area (Å²) in [7, 11) is 1.34. The van der Waals surface area contributed by atoms with Gasteiger partial charge in [-0.2, -0.15) is 0 Å². The molecule has 28 heavy (non-hydrogen) atoms. The van der Waals surface area contributed by atoms with Gasteiger partial charge in [-0.05, 0) is 62.6 Å². The molecule has 152 valence electrons. The Bertz CT molecular complexity index is 776. The molecule has 0 aromatic heterocycles. The number of rotatable bonds is 9. The maximum atomic E-state index is 11.7. The Hall–Kier alpha value is -2.08. The molecule has 2 aromatic carbocycles. The van der Waals surface area contributed by atoms with Crippen molar-refractivity contribution in [3.8, 4) is 5.75 Å². The summed E-state index contributed by atoms with van der Waals surface area (Å²) in [6, 6.07) is 15.0. The number of aliphatic hydroxyl groups is 1. The molecule has 6 heteroatoms. The fourth-order valence-electron chi connectivity index (χ4n) is 2.85. The van der Waals surface area contributed by atoms with Gasteiger partial charge in [0.1, 0.15) is 5.75 Å². The highest BCUT2D eigenvalue weighted by Gasteiger charge is 2.30. The van der Waals surface area contributed by atoms with Crippen molar-refractivity contribution in [3.63, 3.8) is 0 Å². The number of esters is 1. The maximum Gasteiger partial charge on any atom is 0.349 e. The molecule has 0 spiro atoms. The molecule has 0 saturated carbocycles. The smallest absolute Gasteiger partial charge is 0.349 e. The van der Waals surface area contributed by atoms with Crippen LogP contribution in [-0.4, -0.2) is 36.4 Å². The van der Waals surface area contributed by atoms with Crippen LogP contribution in [0.5, 0.6) is 5.75 Å². The summed E-state index contributed by atoms with van der Waals surface area (Å²) >= 11 is 5.97. The molecule has 2 rings (SSSR count).